The van der Waals surface area contributed by atoms with Gasteiger partial charge in [0, 0.05) is 5.92 Å². The van der Waals surface area contributed by atoms with Crippen LogP contribution in [0.25, 0.3) is 99.7 Å². The van der Waals surface area contributed by atoms with Crippen LogP contribution in [0, 0.1) is 0 Å². The van der Waals surface area contributed by atoms with E-state index in [1.807, 2.05) is 0 Å². The van der Waals surface area contributed by atoms with Crippen molar-refractivity contribution in [2.24, 2.45) is 0 Å². The Bertz CT molecular complexity index is 3290. The van der Waals surface area contributed by atoms with Gasteiger partial charge in [-0.05, 0) is 122 Å². The molecule has 0 saturated heterocycles. The zero-order chi connectivity index (χ0) is 38.2. The Labute approximate surface area is 338 Å². The molecular formula is C58H38. The fourth-order valence-electron chi connectivity index (χ4n) is 10.2. The summed E-state index contributed by atoms with van der Waals surface area (Å²) in [6.45, 7) is 0. The zero-order valence-electron chi connectivity index (χ0n) is 32.0. The second kappa shape index (κ2) is 13.2. The van der Waals surface area contributed by atoms with Crippen molar-refractivity contribution in [1.82, 2.24) is 0 Å². The molecule has 0 spiro atoms. The van der Waals surface area contributed by atoms with Crippen molar-refractivity contribution in [2.75, 3.05) is 0 Å². The number of hydrogen-bond acceptors (Lipinski definition) is 0. The van der Waals surface area contributed by atoms with Gasteiger partial charge < -0.3 is 0 Å². The summed E-state index contributed by atoms with van der Waals surface area (Å²) in [6.07, 6.45) is 10.3. The molecule has 0 bridgehead atoms. The standard InChI is InChI=1S/C58H38/c1-2-15-41-38(13-1)14-11-24-44(41)47-34-33-39(42-16-3-4-17-43(42)47)30-27-37-28-31-40(32-29-37)56-49-20-7-9-22-51(49)58(52-23-10-8-21-50(52)56)55-36-35-54-46-19-6-5-18-45(46)48-25-12-26-53(55)57(48)54/h1-25,27-36,48H,26H2. The third-order valence-electron chi connectivity index (χ3n) is 12.8. The predicted octanol–water partition coefficient (Wildman–Crippen LogP) is 15.7. The molecule has 0 heterocycles. The van der Waals surface area contributed by atoms with Gasteiger partial charge in [0.25, 0.3) is 0 Å². The Hall–Kier alpha value is -7.28. The molecule has 0 saturated carbocycles. The highest BCUT2D eigenvalue weighted by Crippen LogP contribution is 2.53. The molecular weight excluding hydrogens is 697 g/mol. The Balaban J connectivity index is 0.944. The van der Waals surface area contributed by atoms with Crippen LogP contribution < -0.4 is 0 Å². The predicted molar refractivity (Wildman–Crippen MR) is 248 cm³/mol. The monoisotopic (exact) mass is 734 g/mol. The van der Waals surface area contributed by atoms with Crippen molar-refractivity contribution in [3.63, 3.8) is 0 Å². The Morgan fingerprint density at radius 1 is 0.379 bits per heavy atom. The van der Waals surface area contributed by atoms with E-state index in [-0.39, 0.29) is 0 Å². The second-order valence-electron chi connectivity index (χ2n) is 15.8. The molecule has 0 nitrogen and oxygen atoms in total. The minimum atomic E-state index is 0.326. The van der Waals surface area contributed by atoms with Gasteiger partial charge in [0.2, 0.25) is 0 Å². The Kier molecular flexibility index (Phi) is 7.46. The summed E-state index contributed by atoms with van der Waals surface area (Å²) in [7, 11) is 0. The first-order chi connectivity index (χ1) is 28.8. The number of fused-ring (bicyclic) bond motifs is 7. The normalized spacial score (nSPS) is 14.2. The summed E-state index contributed by atoms with van der Waals surface area (Å²) in [6, 6.07) is 69.6. The molecule has 2 aliphatic rings. The minimum absolute atomic E-state index is 0.326. The molecule has 0 heteroatoms. The van der Waals surface area contributed by atoms with E-state index >= 15 is 0 Å². The van der Waals surface area contributed by atoms with Crippen molar-refractivity contribution in [3.05, 3.63) is 228 Å². The largest absolute Gasteiger partial charge is 0.0832 e. The first kappa shape index (κ1) is 32.9. The molecule has 0 N–H and O–H groups in total. The molecule has 2 aliphatic carbocycles. The maximum absolute atomic E-state index is 2.42. The lowest BCUT2D eigenvalue weighted by Gasteiger charge is -2.24. The summed E-state index contributed by atoms with van der Waals surface area (Å²) in [4.78, 5) is 0. The maximum Gasteiger partial charge on any atom is 0.0285 e. The van der Waals surface area contributed by atoms with Gasteiger partial charge in [0.1, 0.15) is 0 Å². The average Bonchev–Trinajstić information content (AvgIpc) is 3.62. The van der Waals surface area contributed by atoms with Crippen LogP contribution in [0.1, 0.15) is 33.7 Å². The Morgan fingerprint density at radius 2 is 0.948 bits per heavy atom. The first-order valence-corrected chi connectivity index (χ1v) is 20.4. The third kappa shape index (κ3) is 5.02. The third-order valence-corrected chi connectivity index (χ3v) is 12.8. The molecule has 10 aromatic rings. The second-order valence-corrected chi connectivity index (χ2v) is 15.8. The van der Waals surface area contributed by atoms with Crippen molar-refractivity contribution >= 4 is 55.2 Å². The van der Waals surface area contributed by atoms with Gasteiger partial charge in [0.15, 0.2) is 0 Å². The van der Waals surface area contributed by atoms with E-state index in [0.717, 1.165) is 6.42 Å². The fraction of sp³-hybridized carbons (Fsp3) is 0.0345. The van der Waals surface area contributed by atoms with Crippen molar-refractivity contribution in [3.8, 4) is 44.5 Å². The van der Waals surface area contributed by atoms with Crippen LogP contribution in [0.2, 0.25) is 0 Å². The van der Waals surface area contributed by atoms with Gasteiger partial charge in [-0.25, -0.2) is 0 Å². The summed E-state index contributed by atoms with van der Waals surface area (Å²) >= 11 is 0. The van der Waals surface area contributed by atoms with Crippen LogP contribution in [-0.2, 0) is 6.42 Å². The van der Waals surface area contributed by atoms with Gasteiger partial charge in [-0.2, -0.15) is 0 Å². The summed E-state index contributed by atoms with van der Waals surface area (Å²) in [5.41, 5.74) is 17.3. The van der Waals surface area contributed by atoms with Gasteiger partial charge in [-0.3, -0.25) is 0 Å². The van der Waals surface area contributed by atoms with E-state index in [1.54, 1.807) is 0 Å². The van der Waals surface area contributed by atoms with Crippen LogP contribution in [0.15, 0.2) is 200 Å². The van der Waals surface area contributed by atoms with E-state index < -0.39 is 0 Å². The topological polar surface area (TPSA) is 0 Å². The van der Waals surface area contributed by atoms with E-state index in [4.69, 9.17) is 0 Å². The van der Waals surface area contributed by atoms with Gasteiger partial charge in [-0.15, -0.1) is 0 Å². The number of hydrogen-bond donors (Lipinski definition) is 0. The lowest BCUT2D eigenvalue weighted by Crippen LogP contribution is -2.05. The zero-order valence-corrected chi connectivity index (χ0v) is 32.0. The van der Waals surface area contributed by atoms with Crippen LogP contribution in [0.5, 0.6) is 0 Å². The van der Waals surface area contributed by atoms with E-state index in [2.05, 4.69) is 212 Å². The molecule has 58 heavy (non-hydrogen) atoms. The molecule has 1 unspecified atom stereocenters. The molecule has 0 radical (unpaired) electrons. The van der Waals surface area contributed by atoms with Crippen LogP contribution in [0.3, 0.4) is 0 Å². The first-order valence-electron chi connectivity index (χ1n) is 20.4. The number of allylic oxidation sites excluding steroid dienone is 2. The van der Waals surface area contributed by atoms with Crippen molar-refractivity contribution in [2.45, 2.75) is 12.3 Å². The van der Waals surface area contributed by atoms with Gasteiger partial charge >= 0.3 is 0 Å². The van der Waals surface area contributed by atoms with Gasteiger partial charge in [-0.1, -0.05) is 212 Å². The summed E-state index contributed by atoms with van der Waals surface area (Å²) in [5.74, 6) is 0.326. The van der Waals surface area contributed by atoms with E-state index in [9.17, 15) is 0 Å². The quantitative estimate of drug-likeness (QED) is 0.0938. The fourth-order valence-corrected chi connectivity index (χ4v) is 10.2. The average molecular weight is 735 g/mol. The molecule has 0 aromatic heterocycles. The van der Waals surface area contributed by atoms with E-state index in [1.165, 1.54) is 115 Å². The minimum Gasteiger partial charge on any atom is -0.0832 e. The number of rotatable bonds is 5. The molecule has 270 valence electrons. The van der Waals surface area contributed by atoms with Crippen LogP contribution >= 0.6 is 0 Å². The molecule has 0 amide bonds. The van der Waals surface area contributed by atoms with E-state index in [0.29, 0.717) is 5.92 Å². The molecule has 1 atom stereocenters. The molecule has 12 rings (SSSR count). The Morgan fingerprint density at radius 3 is 1.72 bits per heavy atom. The molecule has 0 aliphatic heterocycles. The molecule has 0 fully saturated rings. The van der Waals surface area contributed by atoms with Gasteiger partial charge in [0.05, 0.1) is 0 Å². The highest BCUT2D eigenvalue weighted by atomic mass is 14.4. The van der Waals surface area contributed by atoms with Crippen molar-refractivity contribution in [1.29, 1.82) is 0 Å². The SMILES string of the molecule is C1=CC2c3ccccc3-c3ccc(-c4c5ccccc5c(-c5ccc(C=Cc6ccc(-c7cccc8ccccc78)c7ccccc67)cc5)c5ccccc45)c(c32)C1. The summed E-state index contributed by atoms with van der Waals surface area (Å²) < 4.78 is 0. The smallest absolute Gasteiger partial charge is 0.0285 e. The summed E-state index contributed by atoms with van der Waals surface area (Å²) in [5, 5.41) is 10.3. The van der Waals surface area contributed by atoms with Crippen molar-refractivity contribution < 1.29 is 0 Å². The highest BCUT2D eigenvalue weighted by Gasteiger charge is 2.32. The maximum atomic E-state index is 2.42. The molecule has 10 aromatic carbocycles. The lowest BCUT2D eigenvalue weighted by molar-refractivity contribution is 0.990. The lowest BCUT2D eigenvalue weighted by atomic mass is 9.79. The number of benzene rings is 10. The van der Waals surface area contributed by atoms with Crippen LogP contribution in [-0.4, -0.2) is 0 Å². The highest BCUT2D eigenvalue weighted by molar-refractivity contribution is 6.22. The van der Waals surface area contributed by atoms with Crippen LogP contribution in [0.4, 0.5) is 0 Å².